The first-order valence-electron chi connectivity index (χ1n) is 8.29. The Balaban J connectivity index is 1.93. The zero-order chi connectivity index (χ0) is 17.0. The highest BCUT2D eigenvalue weighted by Crippen LogP contribution is 2.49. The number of rotatable bonds is 6. The average Bonchev–Trinajstić information content (AvgIpc) is 2.56. The molecule has 3 rings (SSSR count). The molecule has 0 saturated heterocycles. The zero-order valence-electron chi connectivity index (χ0n) is 13.7. The van der Waals surface area contributed by atoms with Crippen molar-refractivity contribution in [1.29, 1.82) is 5.26 Å². The normalized spacial score (nSPS) is 15.5. The van der Waals surface area contributed by atoms with Crippen LogP contribution in [0.3, 0.4) is 0 Å². The molecule has 5 heteroatoms. The first-order valence-corrected chi connectivity index (χ1v) is 9.11. The van der Waals surface area contributed by atoms with E-state index in [-0.39, 0.29) is 5.97 Å². The van der Waals surface area contributed by atoms with Crippen LogP contribution < -0.4 is 0 Å². The molecule has 0 radical (unpaired) electrons. The van der Waals surface area contributed by atoms with Gasteiger partial charge >= 0.3 is 5.97 Å². The molecule has 0 bridgehead atoms. The molecule has 0 atom stereocenters. The maximum atomic E-state index is 12.4. The largest absolute Gasteiger partial charge is 0.465 e. The Kier molecular flexibility index (Phi) is 5.06. The quantitative estimate of drug-likeness (QED) is 0.735. The van der Waals surface area contributed by atoms with Gasteiger partial charge in [-0.3, -0.25) is 9.78 Å². The number of fused-ring (bicyclic) bond motifs is 1. The lowest BCUT2D eigenvalue weighted by Crippen LogP contribution is -2.43. The van der Waals surface area contributed by atoms with E-state index in [0.29, 0.717) is 13.0 Å². The minimum atomic E-state index is -0.451. The van der Waals surface area contributed by atoms with Gasteiger partial charge in [0.2, 0.25) is 0 Å². The van der Waals surface area contributed by atoms with Crippen molar-refractivity contribution in [2.24, 2.45) is 0 Å². The molecule has 1 aliphatic carbocycles. The van der Waals surface area contributed by atoms with Gasteiger partial charge in [-0.1, -0.05) is 6.07 Å². The predicted molar refractivity (Wildman–Crippen MR) is 94.7 cm³/mol. The van der Waals surface area contributed by atoms with Gasteiger partial charge in [0.25, 0.3) is 0 Å². The van der Waals surface area contributed by atoms with Crippen LogP contribution in [-0.4, -0.2) is 22.3 Å². The second kappa shape index (κ2) is 7.23. The van der Waals surface area contributed by atoms with E-state index in [2.05, 4.69) is 17.1 Å². The van der Waals surface area contributed by atoms with E-state index in [0.717, 1.165) is 47.0 Å². The Morgan fingerprint density at radius 3 is 2.92 bits per heavy atom. The fraction of sp³-hybridized carbons (Fsp3) is 0.421. The second-order valence-electron chi connectivity index (χ2n) is 5.99. The number of nitrogens with zero attached hydrogens (tertiary/aromatic N) is 2. The van der Waals surface area contributed by atoms with E-state index in [9.17, 15) is 4.79 Å². The summed E-state index contributed by atoms with van der Waals surface area (Å²) in [6, 6.07) is 10.3. The van der Waals surface area contributed by atoms with E-state index in [1.165, 1.54) is 0 Å². The highest BCUT2D eigenvalue weighted by atomic mass is 32.2. The van der Waals surface area contributed by atoms with Crippen molar-refractivity contribution in [2.75, 3.05) is 6.61 Å². The van der Waals surface area contributed by atoms with Crippen LogP contribution >= 0.6 is 11.8 Å². The lowest BCUT2D eigenvalue weighted by Gasteiger charge is -2.38. The van der Waals surface area contributed by atoms with E-state index < -0.39 is 4.75 Å². The molecule has 1 saturated carbocycles. The lowest BCUT2D eigenvalue weighted by atomic mass is 9.84. The fourth-order valence-corrected chi connectivity index (χ4v) is 4.39. The number of hydrogen-bond donors (Lipinski definition) is 0. The topological polar surface area (TPSA) is 63.0 Å². The van der Waals surface area contributed by atoms with Crippen molar-refractivity contribution in [1.82, 2.24) is 4.98 Å². The van der Waals surface area contributed by atoms with Gasteiger partial charge in [0.1, 0.15) is 4.75 Å². The van der Waals surface area contributed by atoms with Gasteiger partial charge in [0.15, 0.2) is 0 Å². The number of esters is 1. The first kappa shape index (κ1) is 16.8. The molecule has 1 aromatic heterocycles. The number of hydrogen-bond acceptors (Lipinski definition) is 5. The van der Waals surface area contributed by atoms with Crippen molar-refractivity contribution in [2.45, 2.75) is 48.7 Å². The number of thioether (sulfide) groups is 1. The fourth-order valence-electron chi connectivity index (χ4n) is 2.93. The molecule has 124 valence electrons. The van der Waals surface area contributed by atoms with Gasteiger partial charge in [-0.25, -0.2) is 0 Å². The van der Waals surface area contributed by atoms with Crippen LogP contribution in [0.2, 0.25) is 0 Å². The van der Waals surface area contributed by atoms with Gasteiger partial charge < -0.3 is 4.74 Å². The third kappa shape index (κ3) is 3.25. The molecule has 0 spiro atoms. The number of pyridine rings is 1. The first-order chi connectivity index (χ1) is 11.7. The van der Waals surface area contributed by atoms with Crippen LogP contribution in [0.25, 0.3) is 10.9 Å². The van der Waals surface area contributed by atoms with Crippen LogP contribution in [-0.2, 0) is 16.0 Å². The minimum Gasteiger partial charge on any atom is -0.465 e. The summed E-state index contributed by atoms with van der Waals surface area (Å²) in [4.78, 5) is 17.9. The second-order valence-corrected chi connectivity index (χ2v) is 7.41. The molecule has 0 N–H and O–H groups in total. The number of carbonyl (C=O) groups excluding carboxylic acids is 1. The summed E-state index contributed by atoms with van der Waals surface area (Å²) in [7, 11) is 0. The summed E-state index contributed by atoms with van der Waals surface area (Å²) in [5.41, 5.74) is 2.04. The average molecular weight is 340 g/mol. The monoisotopic (exact) mass is 340 g/mol. The lowest BCUT2D eigenvalue weighted by molar-refractivity contribution is -0.148. The molecule has 1 aromatic carbocycles. The van der Waals surface area contributed by atoms with E-state index in [1.54, 1.807) is 18.0 Å². The molecule has 1 aliphatic rings. The van der Waals surface area contributed by atoms with Gasteiger partial charge in [-0.2, -0.15) is 5.26 Å². The molecule has 0 aliphatic heterocycles. The van der Waals surface area contributed by atoms with E-state index >= 15 is 0 Å². The third-order valence-corrected chi connectivity index (χ3v) is 5.95. The summed E-state index contributed by atoms with van der Waals surface area (Å²) >= 11 is 1.61. The number of carbonyl (C=O) groups is 1. The van der Waals surface area contributed by atoms with Crippen molar-refractivity contribution in [3.05, 3.63) is 36.0 Å². The Bertz CT molecular complexity index is 794. The molecule has 1 fully saturated rings. The van der Waals surface area contributed by atoms with Crippen LogP contribution in [0.1, 0.15) is 38.2 Å². The van der Waals surface area contributed by atoms with E-state index in [1.807, 2.05) is 25.1 Å². The Morgan fingerprint density at radius 1 is 1.42 bits per heavy atom. The summed E-state index contributed by atoms with van der Waals surface area (Å²) < 4.78 is 4.85. The SMILES string of the molecule is CCOC(=O)C1(Sc2ccnc3ccc(CCC#N)cc23)CCC1. The minimum absolute atomic E-state index is 0.105. The van der Waals surface area contributed by atoms with E-state index in [4.69, 9.17) is 10.00 Å². The Labute approximate surface area is 146 Å². The van der Waals surface area contributed by atoms with Gasteiger partial charge in [0.05, 0.1) is 18.2 Å². The highest BCUT2D eigenvalue weighted by Gasteiger charge is 2.46. The molecule has 0 amide bonds. The van der Waals surface area contributed by atoms with Crippen LogP contribution in [0.4, 0.5) is 0 Å². The van der Waals surface area contributed by atoms with Crippen molar-refractivity contribution in [3.63, 3.8) is 0 Å². The predicted octanol–water partition coefficient (Wildman–Crippen LogP) is 4.27. The van der Waals surface area contributed by atoms with Crippen molar-refractivity contribution < 1.29 is 9.53 Å². The standard InChI is InChI=1S/C19H20N2O2S/c1-2-23-18(22)19(9-4-10-19)24-17-8-12-21-16-7-6-14(5-3-11-20)13-15(16)17/h6-8,12-13H,2-5,9-10H2,1H3. The molecule has 1 heterocycles. The summed E-state index contributed by atoms with van der Waals surface area (Å²) in [6.45, 7) is 2.26. The number of benzene rings is 1. The van der Waals surface area contributed by atoms with Crippen molar-refractivity contribution >= 4 is 28.6 Å². The molecule has 0 unspecified atom stereocenters. The van der Waals surface area contributed by atoms with Gasteiger partial charge in [-0.05, 0) is 56.4 Å². The molecule has 2 aromatic rings. The Hall–Kier alpha value is -2.06. The van der Waals surface area contributed by atoms with Gasteiger partial charge in [-0.15, -0.1) is 11.8 Å². The van der Waals surface area contributed by atoms with Crippen LogP contribution in [0, 0.1) is 11.3 Å². The number of aryl methyl sites for hydroxylation is 1. The maximum Gasteiger partial charge on any atom is 0.322 e. The van der Waals surface area contributed by atoms with Crippen LogP contribution in [0.15, 0.2) is 35.4 Å². The third-order valence-electron chi connectivity index (χ3n) is 4.41. The van der Waals surface area contributed by atoms with Gasteiger partial charge in [0, 0.05) is 22.9 Å². The zero-order valence-corrected chi connectivity index (χ0v) is 14.6. The summed E-state index contributed by atoms with van der Waals surface area (Å²) in [5, 5.41) is 9.83. The number of ether oxygens (including phenoxy) is 1. The highest BCUT2D eigenvalue weighted by molar-refractivity contribution is 8.01. The summed E-state index contributed by atoms with van der Waals surface area (Å²) in [6.07, 6.45) is 5.79. The Morgan fingerprint density at radius 2 is 2.25 bits per heavy atom. The number of aromatic nitrogens is 1. The summed E-state index contributed by atoms with van der Waals surface area (Å²) in [5.74, 6) is -0.105. The molecule has 4 nitrogen and oxygen atoms in total. The molecule has 24 heavy (non-hydrogen) atoms. The molecular formula is C19H20N2O2S. The number of nitriles is 1. The smallest absolute Gasteiger partial charge is 0.322 e. The maximum absolute atomic E-state index is 12.4. The molecular weight excluding hydrogens is 320 g/mol. The van der Waals surface area contributed by atoms with Crippen LogP contribution in [0.5, 0.6) is 0 Å². The van der Waals surface area contributed by atoms with Crippen molar-refractivity contribution in [3.8, 4) is 6.07 Å².